The van der Waals surface area contributed by atoms with E-state index in [4.69, 9.17) is 5.73 Å². The quantitative estimate of drug-likeness (QED) is 0.801. The van der Waals surface area contributed by atoms with E-state index >= 15 is 0 Å². The summed E-state index contributed by atoms with van der Waals surface area (Å²) in [6.45, 7) is 1.91. The van der Waals surface area contributed by atoms with Gasteiger partial charge in [-0.1, -0.05) is 12.1 Å². The lowest BCUT2D eigenvalue weighted by molar-refractivity contribution is -0.118. The number of rotatable bonds is 4. The Morgan fingerprint density at radius 1 is 1.30 bits per heavy atom. The fraction of sp³-hybridized carbons (Fsp3) is 0.133. The molecule has 0 saturated carbocycles. The molecular formula is C15H15FN2O2. The number of aromatic hydroxyl groups is 1. The van der Waals surface area contributed by atoms with E-state index in [0.717, 1.165) is 17.7 Å². The number of amides is 1. The van der Waals surface area contributed by atoms with E-state index in [2.05, 4.69) is 5.32 Å². The number of carbonyl (C=O) groups is 1. The minimum absolute atomic E-state index is 0.110. The van der Waals surface area contributed by atoms with Crippen LogP contribution in [0.5, 0.6) is 5.75 Å². The van der Waals surface area contributed by atoms with Crippen molar-refractivity contribution in [1.29, 1.82) is 0 Å². The van der Waals surface area contributed by atoms with Crippen LogP contribution in [-0.4, -0.2) is 11.0 Å². The second-order valence-electron chi connectivity index (χ2n) is 4.55. The maximum atomic E-state index is 13.3. The first-order chi connectivity index (χ1) is 9.47. The number of hydrogen-bond donors (Lipinski definition) is 3. The lowest BCUT2D eigenvalue weighted by Gasteiger charge is -2.18. The van der Waals surface area contributed by atoms with Gasteiger partial charge in [-0.25, -0.2) is 4.39 Å². The van der Waals surface area contributed by atoms with Crippen molar-refractivity contribution in [2.45, 2.75) is 13.0 Å². The molecule has 0 aliphatic carbocycles. The SMILES string of the molecule is Cc1cccc(NC(C(N)=O)c2cc(F)ccc2O)c1. The summed E-state index contributed by atoms with van der Waals surface area (Å²) >= 11 is 0. The topological polar surface area (TPSA) is 75.3 Å². The fourth-order valence-electron chi connectivity index (χ4n) is 1.96. The van der Waals surface area contributed by atoms with Crippen LogP contribution in [0.1, 0.15) is 17.2 Å². The molecule has 2 aromatic carbocycles. The number of benzene rings is 2. The van der Waals surface area contributed by atoms with Crippen LogP contribution >= 0.6 is 0 Å². The van der Waals surface area contributed by atoms with Crippen LogP contribution in [0.15, 0.2) is 42.5 Å². The van der Waals surface area contributed by atoms with Gasteiger partial charge in [-0.05, 0) is 42.8 Å². The second-order valence-corrected chi connectivity index (χ2v) is 4.55. The Hall–Kier alpha value is -2.56. The molecule has 5 heteroatoms. The zero-order chi connectivity index (χ0) is 14.7. The molecule has 1 unspecified atom stereocenters. The summed E-state index contributed by atoms with van der Waals surface area (Å²) in [5.74, 6) is -1.43. The maximum absolute atomic E-state index is 13.3. The average Bonchev–Trinajstić information content (AvgIpc) is 2.39. The third kappa shape index (κ3) is 3.06. The van der Waals surface area contributed by atoms with Gasteiger partial charge in [-0.15, -0.1) is 0 Å². The minimum Gasteiger partial charge on any atom is -0.508 e. The molecule has 0 aliphatic rings. The lowest BCUT2D eigenvalue weighted by atomic mass is 10.0. The van der Waals surface area contributed by atoms with E-state index < -0.39 is 17.8 Å². The molecule has 2 rings (SSSR count). The highest BCUT2D eigenvalue weighted by molar-refractivity contribution is 5.85. The zero-order valence-electron chi connectivity index (χ0n) is 10.9. The van der Waals surface area contributed by atoms with Gasteiger partial charge in [0, 0.05) is 11.3 Å². The Bertz CT molecular complexity index is 644. The van der Waals surface area contributed by atoms with Crippen molar-refractivity contribution in [3.05, 3.63) is 59.4 Å². The van der Waals surface area contributed by atoms with E-state index in [9.17, 15) is 14.3 Å². The van der Waals surface area contributed by atoms with Gasteiger partial charge < -0.3 is 16.2 Å². The van der Waals surface area contributed by atoms with E-state index in [1.54, 1.807) is 6.07 Å². The van der Waals surface area contributed by atoms with Crippen LogP contribution in [0, 0.1) is 12.7 Å². The van der Waals surface area contributed by atoms with Gasteiger partial charge in [0.1, 0.15) is 17.6 Å². The number of anilines is 1. The molecular weight excluding hydrogens is 259 g/mol. The molecule has 0 aliphatic heterocycles. The van der Waals surface area contributed by atoms with Gasteiger partial charge in [0.2, 0.25) is 5.91 Å². The van der Waals surface area contributed by atoms with Crippen LogP contribution in [0.3, 0.4) is 0 Å². The normalized spacial score (nSPS) is 11.9. The van der Waals surface area contributed by atoms with Crippen LogP contribution in [0.25, 0.3) is 0 Å². The van der Waals surface area contributed by atoms with Gasteiger partial charge in [-0.2, -0.15) is 0 Å². The molecule has 1 atom stereocenters. The summed E-state index contributed by atoms with van der Waals surface area (Å²) in [4.78, 5) is 11.6. The van der Waals surface area contributed by atoms with Crippen molar-refractivity contribution in [2.75, 3.05) is 5.32 Å². The molecule has 0 fully saturated rings. The molecule has 4 N–H and O–H groups in total. The van der Waals surface area contributed by atoms with Crippen LogP contribution in [-0.2, 0) is 4.79 Å². The minimum atomic E-state index is -1.01. The number of carbonyl (C=O) groups excluding carboxylic acids is 1. The van der Waals surface area contributed by atoms with Crippen LogP contribution < -0.4 is 11.1 Å². The predicted molar refractivity (Wildman–Crippen MR) is 74.8 cm³/mol. The van der Waals surface area contributed by atoms with Crippen molar-refractivity contribution in [1.82, 2.24) is 0 Å². The summed E-state index contributed by atoms with van der Waals surface area (Å²) in [5, 5.41) is 12.7. The Balaban J connectivity index is 2.37. The van der Waals surface area contributed by atoms with Gasteiger partial charge >= 0.3 is 0 Å². The number of halogens is 1. The van der Waals surface area contributed by atoms with Crippen molar-refractivity contribution in [3.8, 4) is 5.75 Å². The Kier molecular flexibility index (Phi) is 3.89. The molecule has 0 heterocycles. The van der Waals surface area contributed by atoms with Gasteiger partial charge in [-0.3, -0.25) is 4.79 Å². The first-order valence-corrected chi connectivity index (χ1v) is 6.08. The van der Waals surface area contributed by atoms with Crippen molar-refractivity contribution >= 4 is 11.6 Å². The van der Waals surface area contributed by atoms with E-state index in [-0.39, 0.29) is 11.3 Å². The average molecular weight is 274 g/mol. The highest BCUT2D eigenvalue weighted by Gasteiger charge is 2.21. The first kappa shape index (κ1) is 13.9. The second kappa shape index (κ2) is 5.61. The molecule has 0 aromatic heterocycles. The number of nitrogens with two attached hydrogens (primary N) is 1. The molecule has 0 bridgehead atoms. The summed E-state index contributed by atoms with van der Waals surface area (Å²) in [5.41, 5.74) is 7.11. The van der Waals surface area contributed by atoms with Gasteiger partial charge in [0.15, 0.2) is 0 Å². The summed E-state index contributed by atoms with van der Waals surface area (Å²) in [7, 11) is 0. The lowest BCUT2D eigenvalue weighted by Crippen LogP contribution is -2.27. The zero-order valence-corrected chi connectivity index (χ0v) is 10.9. The monoisotopic (exact) mass is 274 g/mol. The Morgan fingerprint density at radius 3 is 2.70 bits per heavy atom. The number of hydrogen-bond acceptors (Lipinski definition) is 3. The standard InChI is InChI=1S/C15H15FN2O2/c1-9-3-2-4-11(7-9)18-14(15(17)20)12-8-10(16)5-6-13(12)19/h2-8,14,18-19H,1H3,(H2,17,20). The van der Waals surface area contributed by atoms with E-state index in [1.165, 1.54) is 6.07 Å². The largest absolute Gasteiger partial charge is 0.508 e. The molecule has 2 aromatic rings. The fourth-order valence-corrected chi connectivity index (χ4v) is 1.96. The predicted octanol–water partition coefficient (Wildman–Crippen LogP) is 2.48. The Morgan fingerprint density at radius 2 is 2.05 bits per heavy atom. The number of nitrogens with one attached hydrogen (secondary N) is 1. The summed E-state index contributed by atoms with van der Waals surface area (Å²) in [6.07, 6.45) is 0. The smallest absolute Gasteiger partial charge is 0.244 e. The van der Waals surface area contributed by atoms with Crippen LogP contribution in [0.2, 0.25) is 0 Å². The molecule has 104 valence electrons. The van der Waals surface area contributed by atoms with Gasteiger partial charge in [0.05, 0.1) is 0 Å². The number of aryl methyl sites for hydroxylation is 1. The number of primary amides is 1. The molecule has 20 heavy (non-hydrogen) atoms. The van der Waals surface area contributed by atoms with Crippen LogP contribution in [0.4, 0.5) is 10.1 Å². The number of phenols is 1. The molecule has 4 nitrogen and oxygen atoms in total. The van der Waals surface area contributed by atoms with Gasteiger partial charge in [0.25, 0.3) is 0 Å². The van der Waals surface area contributed by atoms with Crippen molar-refractivity contribution < 1.29 is 14.3 Å². The van der Waals surface area contributed by atoms with Crippen molar-refractivity contribution in [2.24, 2.45) is 5.73 Å². The molecule has 0 radical (unpaired) electrons. The first-order valence-electron chi connectivity index (χ1n) is 6.08. The summed E-state index contributed by atoms with van der Waals surface area (Å²) in [6, 6.07) is 9.71. The molecule has 0 spiro atoms. The number of phenolic OH excluding ortho intramolecular Hbond substituents is 1. The highest BCUT2D eigenvalue weighted by Crippen LogP contribution is 2.28. The van der Waals surface area contributed by atoms with E-state index in [0.29, 0.717) is 5.69 Å². The third-order valence-corrected chi connectivity index (χ3v) is 2.91. The molecule has 1 amide bonds. The van der Waals surface area contributed by atoms with Crippen molar-refractivity contribution in [3.63, 3.8) is 0 Å². The highest BCUT2D eigenvalue weighted by atomic mass is 19.1. The third-order valence-electron chi connectivity index (χ3n) is 2.91. The molecule has 0 saturated heterocycles. The maximum Gasteiger partial charge on any atom is 0.244 e. The Labute approximate surface area is 116 Å². The summed E-state index contributed by atoms with van der Waals surface area (Å²) < 4.78 is 13.3. The van der Waals surface area contributed by atoms with E-state index in [1.807, 2.05) is 25.1 Å².